The largest absolute Gasteiger partial charge is 0.339 e. The number of likely N-dealkylation sites (tertiary alicyclic amines) is 1. The summed E-state index contributed by atoms with van der Waals surface area (Å²) >= 11 is 0. The SMILES string of the molecule is CC(C)N(C)S(=O)(=O)c1ccc(NC(=O)CN2CCC(c3nc(-c4ccccn4)no3)CC2)cc1. The fourth-order valence-electron chi connectivity index (χ4n) is 3.90. The van der Waals surface area contributed by atoms with E-state index in [1.54, 1.807) is 25.4 Å². The van der Waals surface area contributed by atoms with Crippen LogP contribution >= 0.6 is 0 Å². The summed E-state index contributed by atoms with van der Waals surface area (Å²) in [6.45, 7) is 5.36. The number of hydrogen-bond donors (Lipinski definition) is 1. The van der Waals surface area contributed by atoms with Crippen molar-refractivity contribution in [3.8, 4) is 11.5 Å². The van der Waals surface area contributed by atoms with Crippen LogP contribution in [0.15, 0.2) is 58.1 Å². The molecule has 0 bridgehead atoms. The van der Waals surface area contributed by atoms with E-state index in [1.807, 2.05) is 32.0 Å². The third kappa shape index (κ3) is 5.92. The molecule has 0 aliphatic carbocycles. The highest BCUT2D eigenvalue weighted by Gasteiger charge is 2.27. The van der Waals surface area contributed by atoms with Crippen LogP contribution in [0, 0.1) is 0 Å². The first-order chi connectivity index (χ1) is 16.7. The molecule has 3 aromatic rings. The second kappa shape index (κ2) is 10.6. The normalized spacial score (nSPS) is 15.6. The molecule has 0 spiro atoms. The quantitative estimate of drug-likeness (QED) is 0.503. The molecule has 35 heavy (non-hydrogen) atoms. The predicted molar refractivity (Wildman–Crippen MR) is 131 cm³/mol. The molecule has 0 radical (unpaired) electrons. The van der Waals surface area contributed by atoms with E-state index >= 15 is 0 Å². The number of benzene rings is 1. The average molecular weight is 499 g/mol. The summed E-state index contributed by atoms with van der Waals surface area (Å²) in [5.74, 6) is 1.09. The Morgan fingerprint density at radius 1 is 1.17 bits per heavy atom. The summed E-state index contributed by atoms with van der Waals surface area (Å²) in [5, 5.41) is 6.90. The van der Waals surface area contributed by atoms with Crippen LogP contribution in [-0.2, 0) is 14.8 Å². The molecule has 1 aliphatic rings. The number of nitrogens with zero attached hydrogens (tertiary/aromatic N) is 5. The van der Waals surface area contributed by atoms with Gasteiger partial charge in [-0.15, -0.1) is 0 Å². The third-order valence-electron chi connectivity index (χ3n) is 6.18. The highest BCUT2D eigenvalue weighted by atomic mass is 32.2. The molecule has 2 aromatic heterocycles. The standard InChI is InChI=1S/C24H30N6O4S/c1-17(2)29(3)35(32,33)20-9-7-19(8-10-20)26-22(31)16-30-14-11-18(12-15-30)24-27-23(28-34-24)21-6-4-5-13-25-21/h4-10,13,17-18H,11-12,14-16H2,1-3H3,(H,26,31). The van der Waals surface area contributed by atoms with Gasteiger partial charge in [-0.25, -0.2) is 8.42 Å². The molecule has 3 heterocycles. The number of piperidine rings is 1. The van der Waals surface area contributed by atoms with Crippen LogP contribution in [-0.4, -0.2) is 71.4 Å². The number of amides is 1. The van der Waals surface area contributed by atoms with E-state index in [9.17, 15) is 13.2 Å². The summed E-state index contributed by atoms with van der Waals surface area (Å²) in [6.07, 6.45) is 3.32. The molecule has 0 unspecified atom stereocenters. The fraction of sp³-hybridized carbons (Fsp3) is 0.417. The molecule has 0 atom stereocenters. The highest BCUT2D eigenvalue weighted by molar-refractivity contribution is 7.89. The van der Waals surface area contributed by atoms with Crippen molar-refractivity contribution in [2.75, 3.05) is 32.0 Å². The van der Waals surface area contributed by atoms with Gasteiger partial charge in [0.15, 0.2) is 0 Å². The van der Waals surface area contributed by atoms with Gasteiger partial charge in [0.2, 0.25) is 27.6 Å². The van der Waals surface area contributed by atoms with Gasteiger partial charge in [-0.2, -0.15) is 9.29 Å². The number of hydrogen-bond acceptors (Lipinski definition) is 8. The molecule has 186 valence electrons. The number of aromatic nitrogens is 3. The molecule has 1 aliphatic heterocycles. The summed E-state index contributed by atoms with van der Waals surface area (Å²) in [7, 11) is -2.00. The number of pyridine rings is 1. The Balaban J connectivity index is 1.27. The van der Waals surface area contributed by atoms with Gasteiger partial charge in [0.1, 0.15) is 5.69 Å². The molecule has 10 nitrogen and oxygen atoms in total. The number of nitrogens with one attached hydrogen (secondary N) is 1. The van der Waals surface area contributed by atoms with Gasteiger partial charge in [0, 0.05) is 30.9 Å². The van der Waals surface area contributed by atoms with Gasteiger partial charge in [-0.1, -0.05) is 11.2 Å². The molecule has 1 aromatic carbocycles. The van der Waals surface area contributed by atoms with Crippen molar-refractivity contribution < 1.29 is 17.7 Å². The third-order valence-corrected chi connectivity index (χ3v) is 8.23. The molecule has 1 N–H and O–H groups in total. The molecule has 11 heteroatoms. The van der Waals surface area contributed by atoms with Crippen molar-refractivity contribution in [2.45, 2.75) is 43.5 Å². The number of carbonyl (C=O) groups is 1. The molecule has 1 amide bonds. The van der Waals surface area contributed by atoms with Crippen molar-refractivity contribution in [2.24, 2.45) is 0 Å². The van der Waals surface area contributed by atoms with Crippen molar-refractivity contribution in [1.29, 1.82) is 0 Å². The van der Waals surface area contributed by atoms with Crippen molar-refractivity contribution in [3.63, 3.8) is 0 Å². The molecule has 1 saturated heterocycles. The minimum absolute atomic E-state index is 0.145. The smallest absolute Gasteiger partial charge is 0.243 e. The number of sulfonamides is 1. The first-order valence-electron chi connectivity index (χ1n) is 11.6. The van der Waals surface area contributed by atoms with E-state index in [1.165, 1.54) is 16.4 Å². The Bertz CT molecular complexity index is 1240. The van der Waals surface area contributed by atoms with E-state index < -0.39 is 10.0 Å². The zero-order valence-electron chi connectivity index (χ0n) is 20.1. The highest BCUT2D eigenvalue weighted by Crippen LogP contribution is 2.28. The minimum atomic E-state index is -3.56. The van der Waals surface area contributed by atoms with Gasteiger partial charge < -0.3 is 9.84 Å². The fourth-order valence-corrected chi connectivity index (χ4v) is 5.26. The van der Waals surface area contributed by atoms with Crippen LogP contribution in [0.2, 0.25) is 0 Å². The minimum Gasteiger partial charge on any atom is -0.339 e. The van der Waals surface area contributed by atoms with Crippen LogP contribution in [0.4, 0.5) is 5.69 Å². The monoisotopic (exact) mass is 498 g/mol. The van der Waals surface area contributed by atoms with Gasteiger partial charge in [-0.3, -0.25) is 14.7 Å². The van der Waals surface area contributed by atoms with E-state index in [0.717, 1.165) is 25.9 Å². The maximum atomic E-state index is 12.6. The van der Waals surface area contributed by atoms with Crippen molar-refractivity contribution in [3.05, 3.63) is 54.6 Å². The lowest BCUT2D eigenvalue weighted by atomic mass is 9.97. The Morgan fingerprint density at radius 2 is 1.89 bits per heavy atom. The first kappa shape index (κ1) is 25.0. The van der Waals surface area contributed by atoms with Gasteiger partial charge >= 0.3 is 0 Å². The summed E-state index contributed by atoms with van der Waals surface area (Å²) in [5.41, 5.74) is 1.23. The maximum Gasteiger partial charge on any atom is 0.243 e. The Hall–Kier alpha value is -3.15. The Kier molecular flexibility index (Phi) is 7.58. The number of anilines is 1. The number of carbonyl (C=O) groups excluding carboxylic acids is 1. The lowest BCUT2D eigenvalue weighted by molar-refractivity contribution is -0.117. The molecular formula is C24H30N6O4S. The average Bonchev–Trinajstić information content (AvgIpc) is 3.35. The molecule has 1 fully saturated rings. The molecular weight excluding hydrogens is 468 g/mol. The maximum absolute atomic E-state index is 12.6. The van der Waals surface area contributed by atoms with Crippen LogP contribution < -0.4 is 5.32 Å². The van der Waals surface area contributed by atoms with Crippen molar-refractivity contribution in [1.82, 2.24) is 24.3 Å². The Labute approximate surface area is 205 Å². The van der Waals surface area contributed by atoms with Gasteiger partial charge in [0.05, 0.1) is 11.4 Å². The summed E-state index contributed by atoms with van der Waals surface area (Å²) in [4.78, 5) is 23.6. The lowest BCUT2D eigenvalue weighted by Gasteiger charge is -2.29. The van der Waals surface area contributed by atoms with Crippen molar-refractivity contribution >= 4 is 21.6 Å². The van der Waals surface area contributed by atoms with Crippen LogP contribution in [0.5, 0.6) is 0 Å². The van der Waals surface area contributed by atoms with E-state index in [-0.39, 0.29) is 29.3 Å². The lowest BCUT2D eigenvalue weighted by Crippen LogP contribution is -2.38. The van der Waals surface area contributed by atoms with E-state index in [2.05, 4.69) is 25.3 Å². The zero-order chi connectivity index (χ0) is 25.0. The van der Waals surface area contributed by atoms with Gasteiger partial charge in [0.25, 0.3) is 0 Å². The van der Waals surface area contributed by atoms with Gasteiger partial charge in [-0.05, 0) is 76.2 Å². The summed E-state index contributed by atoms with van der Waals surface area (Å²) < 4.78 is 32.0. The topological polar surface area (TPSA) is 122 Å². The van der Waals surface area contributed by atoms with E-state index in [4.69, 9.17) is 4.52 Å². The predicted octanol–water partition coefficient (Wildman–Crippen LogP) is 2.98. The molecule has 4 rings (SSSR count). The first-order valence-corrected chi connectivity index (χ1v) is 13.0. The Morgan fingerprint density at radius 3 is 2.51 bits per heavy atom. The second-order valence-electron chi connectivity index (χ2n) is 8.91. The number of rotatable bonds is 8. The van der Waals surface area contributed by atoms with E-state index in [0.29, 0.717) is 23.1 Å². The summed E-state index contributed by atoms with van der Waals surface area (Å²) in [6, 6.07) is 11.7. The van der Waals surface area contributed by atoms with Crippen LogP contribution in [0.3, 0.4) is 0 Å². The van der Waals surface area contributed by atoms with Crippen LogP contribution in [0.25, 0.3) is 11.5 Å². The van der Waals surface area contributed by atoms with Crippen LogP contribution in [0.1, 0.15) is 38.5 Å². The second-order valence-corrected chi connectivity index (χ2v) is 10.9. The molecule has 0 saturated carbocycles. The zero-order valence-corrected chi connectivity index (χ0v) is 20.9.